The van der Waals surface area contributed by atoms with Crippen LogP contribution in [0.4, 0.5) is 10.8 Å². The van der Waals surface area contributed by atoms with Gasteiger partial charge in [-0.05, 0) is 18.2 Å². The number of para-hydroxylation sites is 1. The van der Waals surface area contributed by atoms with E-state index >= 15 is 0 Å². The Morgan fingerprint density at radius 3 is 2.88 bits per heavy atom. The number of nitrogens with zero attached hydrogens (tertiary/aromatic N) is 3. The molecule has 0 fully saturated rings. The number of non-ortho nitro benzene ring substituents is 1. The number of thiazole rings is 1. The lowest BCUT2D eigenvalue weighted by Gasteiger charge is -1.98. The van der Waals surface area contributed by atoms with Crippen LogP contribution in [0.5, 0.6) is 0 Å². The van der Waals surface area contributed by atoms with Crippen molar-refractivity contribution in [3.63, 3.8) is 0 Å². The van der Waals surface area contributed by atoms with Crippen LogP contribution in [0.2, 0.25) is 0 Å². The lowest BCUT2D eigenvalue weighted by Crippen LogP contribution is -2.08. The number of aromatic nitrogens is 1. The van der Waals surface area contributed by atoms with Crippen molar-refractivity contribution in [2.75, 3.05) is 0 Å². The van der Waals surface area contributed by atoms with Crippen molar-refractivity contribution >= 4 is 49.6 Å². The smallest absolute Gasteiger partial charge is 0.270 e. The van der Waals surface area contributed by atoms with Crippen molar-refractivity contribution in [2.45, 2.75) is 0 Å². The summed E-state index contributed by atoms with van der Waals surface area (Å²) < 4.78 is 6.37. The zero-order valence-corrected chi connectivity index (χ0v) is 13.4. The van der Waals surface area contributed by atoms with Gasteiger partial charge in [-0.1, -0.05) is 23.5 Å². The van der Waals surface area contributed by atoms with Gasteiger partial charge in [0.15, 0.2) is 0 Å². The third-order valence-corrected chi connectivity index (χ3v) is 4.53. The Bertz CT molecular complexity index is 1180. The first-order valence-corrected chi connectivity index (χ1v) is 8.03. The van der Waals surface area contributed by atoms with Crippen LogP contribution in [-0.2, 0) is 0 Å². The van der Waals surface area contributed by atoms with Gasteiger partial charge >= 0.3 is 0 Å². The maximum atomic E-state index is 12.5. The lowest BCUT2D eigenvalue weighted by molar-refractivity contribution is -0.384. The van der Waals surface area contributed by atoms with Gasteiger partial charge in [-0.25, -0.2) is 9.98 Å². The summed E-state index contributed by atoms with van der Waals surface area (Å²) >= 11 is 1.40. The van der Waals surface area contributed by atoms with E-state index < -0.39 is 4.92 Å². The Labute approximate surface area is 144 Å². The molecule has 0 aliphatic rings. The number of hydrogen-bond donors (Lipinski definition) is 0. The Kier molecular flexibility index (Phi) is 3.58. The van der Waals surface area contributed by atoms with Crippen LogP contribution in [0.15, 0.2) is 62.9 Å². The van der Waals surface area contributed by atoms with Gasteiger partial charge in [-0.15, -0.1) is 0 Å². The molecule has 0 spiro atoms. The second kappa shape index (κ2) is 5.91. The van der Waals surface area contributed by atoms with E-state index in [-0.39, 0.29) is 27.6 Å². The third-order valence-electron chi connectivity index (χ3n) is 3.59. The van der Waals surface area contributed by atoms with Gasteiger partial charge in [0.2, 0.25) is 10.6 Å². The second-order valence-corrected chi connectivity index (χ2v) is 6.19. The van der Waals surface area contributed by atoms with Crippen molar-refractivity contribution in [3.05, 3.63) is 74.6 Å². The minimum Gasteiger partial charge on any atom is -0.463 e. The zero-order valence-electron chi connectivity index (χ0n) is 12.6. The first kappa shape index (κ1) is 15.2. The highest BCUT2D eigenvalue weighted by atomic mass is 32.1. The van der Waals surface area contributed by atoms with Crippen LogP contribution in [0, 0.1) is 10.1 Å². The summed E-state index contributed by atoms with van der Waals surface area (Å²) in [7, 11) is 0. The number of nitro benzene ring substituents is 1. The van der Waals surface area contributed by atoms with Crippen LogP contribution in [0.1, 0.15) is 5.56 Å². The van der Waals surface area contributed by atoms with Gasteiger partial charge in [-0.3, -0.25) is 14.9 Å². The first-order chi connectivity index (χ1) is 12.1. The van der Waals surface area contributed by atoms with Gasteiger partial charge < -0.3 is 4.42 Å². The van der Waals surface area contributed by atoms with Gasteiger partial charge in [0.25, 0.3) is 5.69 Å². The van der Waals surface area contributed by atoms with E-state index in [0.29, 0.717) is 5.13 Å². The zero-order chi connectivity index (χ0) is 17.4. The average molecular weight is 351 g/mol. The summed E-state index contributed by atoms with van der Waals surface area (Å²) in [6, 6.07) is 11.5. The number of aliphatic imine (C=N–C) groups is 1. The quantitative estimate of drug-likeness (QED) is 0.315. The Hall–Kier alpha value is -3.39. The fraction of sp³-hybridized carbons (Fsp3) is 0. The minimum absolute atomic E-state index is 0.141. The molecule has 25 heavy (non-hydrogen) atoms. The summed E-state index contributed by atoms with van der Waals surface area (Å²) in [6.45, 7) is 0. The molecule has 0 atom stereocenters. The van der Waals surface area contributed by atoms with E-state index in [0.717, 1.165) is 10.2 Å². The number of fused-ring (bicyclic) bond motifs is 2. The molecule has 2 aromatic carbocycles. The predicted molar refractivity (Wildman–Crippen MR) is 96.0 cm³/mol. The molecule has 0 radical (unpaired) electrons. The van der Waals surface area contributed by atoms with Crippen molar-refractivity contribution in [2.24, 2.45) is 4.99 Å². The molecule has 2 heterocycles. The molecule has 7 nitrogen and oxygen atoms in total. The summed E-state index contributed by atoms with van der Waals surface area (Å²) in [4.78, 5) is 31.4. The van der Waals surface area contributed by atoms with Gasteiger partial charge in [-0.2, -0.15) is 0 Å². The number of rotatable bonds is 3. The number of nitro groups is 1. The summed E-state index contributed by atoms with van der Waals surface area (Å²) in [5.41, 5.74) is 0.774. The highest BCUT2D eigenvalue weighted by Gasteiger charge is 2.11. The standard InChI is InChI=1S/C17H9N3O4S/c21-16-10(8-18-17-19-13-3-1-2-4-15(13)25-17)9-24-14-6-5-11(20(22)23)7-12(14)16/h1-9H/b18-8+. The second-order valence-electron chi connectivity index (χ2n) is 5.18. The molecule has 4 aromatic rings. The average Bonchev–Trinajstić information content (AvgIpc) is 3.04. The fourth-order valence-electron chi connectivity index (χ4n) is 2.38. The molecule has 2 aromatic heterocycles. The van der Waals surface area contributed by atoms with Crippen molar-refractivity contribution < 1.29 is 9.34 Å². The van der Waals surface area contributed by atoms with Crippen LogP contribution < -0.4 is 5.43 Å². The SMILES string of the molecule is O=c1c(/C=N/c2nc3ccccc3s2)coc2ccc([N+](=O)[O-])cc12. The summed E-state index contributed by atoms with van der Waals surface area (Å²) in [5, 5.41) is 11.5. The van der Waals surface area contributed by atoms with Gasteiger partial charge in [0.05, 0.1) is 26.1 Å². The largest absolute Gasteiger partial charge is 0.463 e. The lowest BCUT2D eigenvalue weighted by atomic mass is 10.1. The van der Waals surface area contributed by atoms with E-state index in [4.69, 9.17) is 4.42 Å². The molecule has 0 unspecified atom stereocenters. The van der Waals surface area contributed by atoms with E-state index in [1.54, 1.807) is 0 Å². The molecular formula is C17H9N3O4S. The van der Waals surface area contributed by atoms with Crippen molar-refractivity contribution in [1.29, 1.82) is 0 Å². The molecule has 0 amide bonds. The fourth-order valence-corrected chi connectivity index (χ4v) is 3.19. The monoisotopic (exact) mass is 351 g/mol. The van der Waals surface area contributed by atoms with E-state index in [1.807, 2.05) is 24.3 Å². The number of benzene rings is 2. The van der Waals surface area contributed by atoms with Crippen LogP contribution in [0.3, 0.4) is 0 Å². The number of hydrogen-bond acceptors (Lipinski definition) is 7. The Morgan fingerprint density at radius 1 is 1.24 bits per heavy atom. The molecule has 8 heteroatoms. The maximum absolute atomic E-state index is 12.5. The molecule has 0 bridgehead atoms. The topological polar surface area (TPSA) is 98.6 Å². The predicted octanol–water partition coefficient (Wildman–Crippen LogP) is 4.06. The molecule has 0 N–H and O–H groups in total. The summed E-state index contributed by atoms with van der Waals surface area (Å²) in [5.74, 6) is 0. The molecule has 0 aliphatic carbocycles. The normalized spacial score (nSPS) is 11.5. The maximum Gasteiger partial charge on any atom is 0.270 e. The Balaban J connectivity index is 1.76. The third kappa shape index (κ3) is 2.79. The molecule has 4 rings (SSSR count). The van der Waals surface area contributed by atoms with Crippen LogP contribution >= 0.6 is 11.3 Å². The first-order valence-electron chi connectivity index (χ1n) is 7.21. The van der Waals surface area contributed by atoms with Gasteiger partial charge in [0, 0.05) is 18.3 Å². The minimum atomic E-state index is -0.555. The van der Waals surface area contributed by atoms with Crippen LogP contribution in [0.25, 0.3) is 21.2 Å². The molecule has 122 valence electrons. The van der Waals surface area contributed by atoms with E-state index in [9.17, 15) is 14.9 Å². The van der Waals surface area contributed by atoms with Crippen molar-refractivity contribution in [3.8, 4) is 0 Å². The van der Waals surface area contributed by atoms with E-state index in [2.05, 4.69) is 9.98 Å². The van der Waals surface area contributed by atoms with E-state index in [1.165, 1.54) is 42.0 Å². The highest BCUT2D eigenvalue weighted by Crippen LogP contribution is 2.27. The Morgan fingerprint density at radius 2 is 2.08 bits per heavy atom. The molecule has 0 saturated heterocycles. The molecule has 0 aliphatic heterocycles. The molecular weight excluding hydrogens is 342 g/mol. The van der Waals surface area contributed by atoms with Crippen LogP contribution in [-0.4, -0.2) is 16.1 Å². The summed E-state index contributed by atoms with van der Waals surface area (Å²) in [6.07, 6.45) is 2.65. The molecule has 0 saturated carbocycles. The van der Waals surface area contributed by atoms with Crippen molar-refractivity contribution in [1.82, 2.24) is 4.98 Å². The van der Waals surface area contributed by atoms with Gasteiger partial charge in [0.1, 0.15) is 11.8 Å². The highest BCUT2D eigenvalue weighted by molar-refractivity contribution is 7.22.